The van der Waals surface area contributed by atoms with Crippen molar-refractivity contribution in [3.05, 3.63) is 6.15 Å². The van der Waals surface area contributed by atoms with Crippen LogP contribution in [0.3, 0.4) is 0 Å². The van der Waals surface area contributed by atoms with Crippen LogP contribution in [-0.4, -0.2) is 8.80 Å². The van der Waals surface area contributed by atoms with Gasteiger partial charge in [0, 0.05) is 34.6 Å². The number of halogens is 2. The summed E-state index contributed by atoms with van der Waals surface area (Å²) < 4.78 is 0. The Kier molecular flexibility index (Phi) is 98.1. The molecule has 0 bridgehead atoms. The Morgan fingerprint density at radius 3 is 0.875 bits per heavy atom. The van der Waals surface area contributed by atoms with Crippen LogP contribution in [0.15, 0.2) is 0 Å². The predicted molar refractivity (Wildman–Crippen MR) is 28.6 cm³/mol. The molecule has 0 rings (SSSR count). The van der Waals surface area contributed by atoms with Crippen molar-refractivity contribution in [2.45, 2.75) is 19.6 Å². The van der Waals surface area contributed by atoms with Gasteiger partial charge in [-0.3, -0.25) is 0 Å². The molecular formula is C3H11Cl2HfNSi-3. The maximum atomic E-state index is 2.27. The quantitative estimate of drug-likeness (QED) is 0.405. The predicted octanol–water partition coefficient (Wildman–Crippen LogP) is -3.91. The minimum absolute atomic E-state index is 0. The van der Waals surface area contributed by atoms with E-state index >= 15 is 0 Å². The second-order valence-corrected chi connectivity index (χ2v) is 4.50. The molecule has 0 aliphatic rings. The van der Waals surface area contributed by atoms with Gasteiger partial charge in [0.2, 0.25) is 0 Å². The van der Waals surface area contributed by atoms with Gasteiger partial charge in [0.1, 0.15) is 0 Å². The minimum Gasteiger partial charge on any atom is -1.00 e. The first-order valence-corrected chi connectivity index (χ1v) is 4.50. The Labute approximate surface area is 84.8 Å². The molecule has 8 heavy (non-hydrogen) atoms. The molecule has 0 aliphatic carbocycles. The normalized spacial score (nSPS) is 4.50. The van der Waals surface area contributed by atoms with Crippen LogP contribution < -0.4 is 24.8 Å². The molecule has 0 aromatic rings. The molecule has 0 spiro atoms. The molecular weight excluding hydrogens is 328 g/mol. The molecule has 2 N–H and O–H groups in total. The van der Waals surface area contributed by atoms with Crippen molar-refractivity contribution in [1.82, 2.24) is 0 Å². The SMILES string of the molecule is C[Si](C)C.[Cl-].[Cl-].[Hf].[NH2-]. The molecule has 0 saturated heterocycles. The van der Waals surface area contributed by atoms with E-state index in [-0.39, 0.29) is 65.6 Å². The van der Waals surface area contributed by atoms with E-state index in [1.807, 2.05) is 0 Å². The van der Waals surface area contributed by atoms with Gasteiger partial charge >= 0.3 is 0 Å². The van der Waals surface area contributed by atoms with Gasteiger partial charge < -0.3 is 31.0 Å². The molecule has 0 amide bonds. The fourth-order valence-corrected chi connectivity index (χ4v) is 0. The Balaban J connectivity index is -0.00000000750. The number of hydrogen-bond donors (Lipinski definition) is 0. The van der Waals surface area contributed by atoms with Gasteiger partial charge in [0.25, 0.3) is 0 Å². The van der Waals surface area contributed by atoms with Crippen molar-refractivity contribution < 1.29 is 50.7 Å². The summed E-state index contributed by atoms with van der Waals surface area (Å²) in [6.07, 6.45) is 0. The van der Waals surface area contributed by atoms with Crippen LogP contribution in [0.1, 0.15) is 0 Å². The summed E-state index contributed by atoms with van der Waals surface area (Å²) in [5.41, 5.74) is 0. The van der Waals surface area contributed by atoms with Crippen molar-refractivity contribution in [2.75, 3.05) is 0 Å². The summed E-state index contributed by atoms with van der Waals surface area (Å²) >= 11 is 0. The minimum atomic E-state index is 0. The second-order valence-electron chi connectivity index (χ2n) is 1.50. The summed E-state index contributed by atoms with van der Waals surface area (Å²) in [6, 6.07) is 0. The Morgan fingerprint density at radius 1 is 0.875 bits per heavy atom. The van der Waals surface area contributed by atoms with E-state index in [0.29, 0.717) is 0 Å². The van der Waals surface area contributed by atoms with Gasteiger partial charge in [-0.25, -0.2) is 0 Å². The van der Waals surface area contributed by atoms with E-state index in [0.717, 1.165) is 0 Å². The zero-order chi connectivity index (χ0) is 3.58. The third-order valence-electron chi connectivity index (χ3n) is 0. The largest absolute Gasteiger partial charge is 1.00 e. The zero-order valence-corrected chi connectivity index (χ0v) is 11.4. The first kappa shape index (κ1) is 33.5. The fraction of sp³-hybridized carbons (Fsp3) is 1.00. The Hall–Kier alpha value is 1.63. The van der Waals surface area contributed by atoms with Crippen LogP contribution in [-0.2, 0) is 25.8 Å². The van der Waals surface area contributed by atoms with Gasteiger partial charge in [-0.05, 0) is 0 Å². The van der Waals surface area contributed by atoms with Gasteiger partial charge in [-0.1, -0.05) is 19.6 Å². The average Bonchev–Trinajstić information content (AvgIpc) is 0.811. The maximum absolute atomic E-state index is 2.27. The number of rotatable bonds is 0. The van der Waals surface area contributed by atoms with Gasteiger partial charge in [-0.15, -0.1) is 0 Å². The van der Waals surface area contributed by atoms with Gasteiger partial charge in [-0.2, -0.15) is 0 Å². The van der Waals surface area contributed by atoms with Crippen molar-refractivity contribution in [2.24, 2.45) is 0 Å². The molecule has 0 heterocycles. The van der Waals surface area contributed by atoms with E-state index in [1.54, 1.807) is 0 Å². The van der Waals surface area contributed by atoms with Crippen molar-refractivity contribution in [3.63, 3.8) is 0 Å². The van der Waals surface area contributed by atoms with Crippen LogP contribution in [0.2, 0.25) is 19.6 Å². The molecule has 1 nitrogen and oxygen atoms in total. The van der Waals surface area contributed by atoms with E-state index in [4.69, 9.17) is 0 Å². The molecule has 0 atom stereocenters. The van der Waals surface area contributed by atoms with Crippen LogP contribution >= 0.6 is 0 Å². The fourth-order valence-electron chi connectivity index (χ4n) is 0. The van der Waals surface area contributed by atoms with E-state index < -0.39 is 0 Å². The van der Waals surface area contributed by atoms with E-state index in [1.165, 1.54) is 0 Å². The summed E-state index contributed by atoms with van der Waals surface area (Å²) in [6.45, 7) is 6.81. The number of nitrogens with two attached hydrogens (primary N) is 1. The first-order chi connectivity index (χ1) is 1.73. The molecule has 53 valence electrons. The van der Waals surface area contributed by atoms with Crippen LogP contribution in [0.4, 0.5) is 0 Å². The third kappa shape index (κ3) is 127. The zero-order valence-electron chi connectivity index (χ0n) is 5.33. The van der Waals surface area contributed by atoms with Crippen molar-refractivity contribution in [1.29, 1.82) is 0 Å². The second kappa shape index (κ2) is 23.4. The van der Waals surface area contributed by atoms with Crippen LogP contribution in [0.25, 0.3) is 6.15 Å². The van der Waals surface area contributed by atoms with Crippen molar-refractivity contribution >= 4 is 8.80 Å². The standard InChI is InChI=1S/C3H9Si.2ClH.Hf.H2N/c1-4(2)3;;;;/h1-3H3;2*1H;;1H2/q;;;;-1/p-2. The summed E-state index contributed by atoms with van der Waals surface area (Å²) in [5.74, 6) is 0. The topological polar surface area (TPSA) is 33.5 Å². The van der Waals surface area contributed by atoms with E-state index in [2.05, 4.69) is 19.6 Å². The summed E-state index contributed by atoms with van der Waals surface area (Å²) in [5, 5.41) is 0. The molecule has 1 radical (unpaired) electrons. The summed E-state index contributed by atoms with van der Waals surface area (Å²) in [4.78, 5) is 0. The smallest absolute Gasteiger partial charge is 0.0379 e. The third-order valence-corrected chi connectivity index (χ3v) is 0. The molecule has 0 aromatic carbocycles. The molecule has 0 unspecified atom stereocenters. The van der Waals surface area contributed by atoms with Crippen LogP contribution in [0.5, 0.6) is 0 Å². The van der Waals surface area contributed by atoms with Crippen molar-refractivity contribution in [3.8, 4) is 0 Å². The molecule has 0 aromatic heterocycles. The van der Waals surface area contributed by atoms with Gasteiger partial charge in [0.05, 0.1) is 0 Å². The molecule has 0 saturated carbocycles. The monoisotopic (exact) mass is 339 g/mol. The maximum Gasteiger partial charge on any atom is 0.0379 e. The van der Waals surface area contributed by atoms with Crippen LogP contribution in [0, 0.1) is 0 Å². The molecule has 0 fully saturated rings. The Morgan fingerprint density at radius 2 is 0.875 bits per heavy atom. The first-order valence-electron chi connectivity index (χ1n) is 1.50. The average molecular weight is 339 g/mol. The number of hydrogen-bond acceptors (Lipinski definition) is 0. The van der Waals surface area contributed by atoms with Gasteiger partial charge in [0.15, 0.2) is 0 Å². The molecule has 5 heteroatoms. The summed E-state index contributed by atoms with van der Waals surface area (Å²) in [7, 11) is 0.120. The Bertz CT molecular complexity index is 22.0. The molecule has 0 aliphatic heterocycles. The van der Waals surface area contributed by atoms with E-state index in [9.17, 15) is 0 Å².